The molecule has 1 aliphatic rings. The summed E-state index contributed by atoms with van der Waals surface area (Å²) in [5.74, 6) is -3.78. The van der Waals surface area contributed by atoms with Gasteiger partial charge in [0.25, 0.3) is 0 Å². The van der Waals surface area contributed by atoms with E-state index in [2.05, 4.69) is 0 Å². The lowest BCUT2D eigenvalue weighted by Crippen LogP contribution is -2.57. The summed E-state index contributed by atoms with van der Waals surface area (Å²) in [6.07, 6.45) is 6.76. The highest BCUT2D eigenvalue weighted by atomic mass is 16.4. The van der Waals surface area contributed by atoms with Crippen LogP contribution in [-0.2, 0) is 19.2 Å². The van der Waals surface area contributed by atoms with Gasteiger partial charge in [-0.15, -0.1) is 0 Å². The molecule has 0 aromatic rings. The molecule has 10 nitrogen and oxygen atoms in total. The SMILES string of the molecule is C[N+](CCC[N+](CCCC1CCCC1)(CC(=O)O)CC(=O)O)(CC(=O)O)CC(=O)O. The molecular weight excluding hydrogens is 396 g/mol. The number of nitrogens with zero attached hydrogens (tertiary/aromatic N) is 2. The Hall–Kier alpha value is -2.20. The molecule has 1 rings (SSSR count). The zero-order valence-corrected chi connectivity index (χ0v) is 17.8. The molecule has 0 bridgehead atoms. The van der Waals surface area contributed by atoms with Crippen molar-refractivity contribution in [3.05, 3.63) is 0 Å². The van der Waals surface area contributed by atoms with Crippen LogP contribution >= 0.6 is 0 Å². The van der Waals surface area contributed by atoms with Gasteiger partial charge in [0, 0.05) is 6.42 Å². The lowest BCUT2D eigenvalue weighted by Gasteiger charge is -2.38. The third-order valence-electron chi connectivity index (χ3n) is 6.03. The molecule has 0 heterocycles. The summed E-state index contributed by atoms with van der Waals surface area (Å²) >= 11 is 0. The van der Waals surface area contributed by atoms with Crippen molar-refractivity contribution in [3.63, 3.8) is 0 Å². The fourth-order valence-corrected chi connectivity index (χ4v) is 4.73. The van der Waals surface area contributed by atoms with Gasteiger partial charge in [0.2, 0.25) is 0 Å². The topological polar surface area (TPSA) is 149 Å². The summed E-state index contributed by atoms with van der Waals surface area (Å²) in [7, 11) is 1.53. The zero-order chi connectivity index (χ0) is 22.8. The van der Waals surface area contributed by atoms with Gasteiger partial charge in [-0.05, 0) is 18.8 Å². The average molecular weight is 433 g/mol. The fraction of sp³-hybridized carbons (Fsp3) is 0.800. The molecule has 4 N–H and O–H groups in total. The second kappa shape index (κ2) is 11.8. The van der Waals surface area contributed by atoms with Crippen LogP contribution in [-0.4, -0.2) is 106 Å². The van der Waals surface area contributed by atoms with E-state index in [0.717, 1.165) is 25.7 Å². The highest BCUT2D eigenvalue weighted by molar-refractivity contribution is 5.71. The van der Waals surface area contributed by atoms with Crippen molar-refractivity contribution in [1.82, 2.24) is 0 Å². The number of rotatable bonds is 16. The van der Waals surface area contributed by atoms with Crippen LogP contribution < -0.4 is 0 Å². The summed E-state index contributed by atoms with van der Waals surface area (Å²) in [5, 5.41) is 37.0. The standard InChI is InChI=1S/C20H34N2O8/c1-21(12-17(23)24,13-18(25)26)9-5-11-22(14-19(27)28,15-20(29)30)10-4-8-16-6-2-3-7-16/h16H,2-15H2,1H3,(H2-2,23,24,25,26,27,28,29,30)/p+2. The van der Waals surface area contributed by atoms with Crippen molar-refractivity contribution >= 4 is 23.9 Å². The highest BCUT2D eigenvalue weighted by Gasteiger charge is 2.35. The maximum Gasteiger partial charge on any atom is 0.359 e. The second-order valence-corrected chi connectivity index (χ2v) is 8.99. The predicted molar refractivity (Wildman–Crippen MR) is 107 cm³/mol. The van der Waals surface area contributed by atoms with Gasteiger partial charge in [0.05, 0.1) is 26.7 Å². The summed E-state index contributed by atoms with van der Waals surface area (Å²) < 4.78 is -0.343. The van der Waals surface area contributed by atoms with Crippen molar-refractivity contribution in [3.8, 4) is 0 Å². The molecule has 0 spiro atoms. The van der Waals surface area contributed by atoms with Gasteiger partial charge in [-0.25, -0.2) is 19.2 Å². The van der Waals surface area contributed by atoms with E-state index >= 15 is 0 Å². The summed E-state index contributed by atoms with van der Waals surface area (Å²) in [6, 6.07) is 0. The largest absolute Gasteiger partial charge is 0.477 e. The molecule has 1 aliphatic carbocycles. The monoisotopic (exact) mass is 432 g/mol. The predicted octanol–water partition coefficient (Wildman–Crippen LogP) is 0.949. The second-order valence-electron chi connectivity index (χ2n) is 8.99. The number of hydrogen-bond acceptors (Lipinski definition) is 4. The Morgan fingerprint density at radius 3 is 1.57 bits per heavy atom. The van der Waals surface area contributed by atoms with Crippen LogP contribution in [0.5, 0.6) is 0 Å². The van der Waals surface area contributed by atoms with E-state index in [1.807, 2.05) is 0 Å². The number of carboxylic acid groups (broad SMARTS) is 4. The quantitative estimate of drug-likeness (QED) is 0.263. The van der Waals surface area contributed by atoms with E-state index in [4.69, 9.17) is 10.2 Å². The van der Waals surface area contributed by atoms with Crippen molar-refractivity contribution in [2.75, 3.05) is 52.9 Å². The van der Waals surface area contributed by atoms with Gasteiger partial charge in [-0.2, -0.15) is 0 Å². The van der Waals surface area contributed by atoms with E-state index in [1.165, 1.54) is 19.9 Å². The van der Waals surface area contributed by atoms with E-state index in [1.54, 1.807) is 0 Å². The van der Waals surface area contributed by atoms with Crippen LogP contribution in [0.3, 0.4) is 0 Å². The van der Waals surface area contributed by atoms with Crippen molar-refractivity contribution in [1.29, 1.82) is 0 Å². The zero-order valence-electron chi connectivity index (χ0n) is 17.8. The minimum Gasteiger partial charge on any atom is -0.477 e. The van der Waals surface area contributed by atoms with E-state index in [-0.39, 0.29) is 48.2 Å². The van der Waals surface area contributed by atoms with Gasteiger partial charge >= 0.3 is 23.9 Å². The molecule has 172 valence electrons. The summed E-state index contributed by atoms with van der Waals surface area (Å²) in [6.45, 7) is -0.498. The van der Waals surface area contributed by atoms with Crippen molar-refractivity contribution in [2.45, 2.75) is 44.9 Å². The fourth-order valence-electron chi connectivity index (χ4n) is 4.73. The summed E-state index contributed by atoms with van der Waals surface area (Å²) in [5.41, 5.74) is 0. The first-order chi connectivity index (χ1) is 14.0. The van der Waals surface area contributed by atoms with Crippen LogP contribution in [0.2, 0.25) is 0 Å². The Morgan fingerprint density at radius 1 is 0.700 bits per heavy atom. The minimum atomic E-state index is -1.12. The smallest absolute Gasteiger partial charge is 0.359 e. The number of carbonyl (C=O) groups is 4. The van der Waals surface area contributed by atoms with Gasteiger partial charge in [-0.1, -0.05) is 25.7 Å². The molecule has 0 atom stereocenters. The molecule has 0 unspecified atom stereocenters. The minimum absolute atomic E-state index is 0.114. The Balaban J connectivity index is 2.84. The van der Waals surface area contributed by atoms with E-state index < -0.39 is 23.9 Å². The van der Waals surface area contributed by atoms with Gasteiger partial charge in [-0.3, -0.25) is 0 Å². The molecule has 30 heavy (non-hydrogen) atoms. The average Bonchev–Trinajstić information content (AvgIpc) is 3.04. The van der Waals surface area contributed by atoms with E-state index in [9.17, 15) is 29.4 Å². The van der Waals surface area contributed by atoms with Crippen LogP contribution in [0, 0.1) is 5.92 Å². The maximum absolute atomic E-state index is 11.5. The van der Waals surface area contributed by atoms with Gasteiger partial charge in [0.1, 0.15) is 0 Å². The number of carboxylic acids is 4. The molecule has 1 fully saturated rings. The third-order valence-corrected chi connectivity index (χ3v) is 6.03. The normalized spacial score (nSPS) is 15.2. The highest BCUT2D eigenvalue weighted by Crippen LogP contribution is 2.29. The molecule has 10 heteroatoms. The van der Waals surface area contributed by atoms with Gasteiger partial charge in [0.15, 0.2) is 26.2 Å². The Kier molecular flexibility index (Phi) is 10.2. The Labute approximate surface area is 176 Å². The molecular formula is C20H36N2O8+2. The molecule has 1 saturated carbocycles. The van der Waals surface area contributed by atoms with Crippen molar-refractivity contribution in [2.24, 2.45) is 5.92 Å². The summed E-state index contributed by atoms with van der Waals surface area (Å²) in [4.78, 5) is 45.3. The lowest BCUT2D eigenvalue weighted by molar-refractivity contribution is -0.926. The molecule has 0 radical (unpaired) electrons. The first-order valence-corrected chi connectivity index (χ1v) is 10.5. The van der Waals surface area contributed by atoms with Crippen LogP contribution in [0.1, 0.15) is 44.9 Å². The number of hydrogen-bond donors (Lipinski definition) is 4. The molecule has 0 aromatic heterocycles. The number of likely N-dealkylation sites (N-methyl/N-ethyl adjacent to an activating group) is 1. The van der Waals surface area contributed by atoms with E-state index in [0.29, 0.717) is 18.9 Å². The Bertz CT molecular complexity index is 584. The first kappa shape index (κ1) is 25.8. The van der Waals surface area contributed by atoms with Crippen LogP contribution in [0.4, 0.5) is 0 Å². The Morgan fingerprint density at radius 2 is 1.13 bits per heavy atom. The van der Waals surface area contributed by atoms with Gasteiger partial charge < -0.3 is 29.4 Å². The van der Waals surface area contributed by atoms with Crippen LogP contribution in [0.15, 0.2) is 0 Å². The molecule has 0 aromatic carbocycles. The van der Waals surface area contributed by atoms with Crippen LogP contribution in [0.25, 0.3) is 0 Å². The molecule has 0 saturated heterocycles. The number of quaternary nitrogens is 2. The van der Waals surface area contributed by atoms with Crippen molar-refractivity contribution < 1.29 is 48.6 Å². The lowest BCUT2D eigenvalue weighted by atomic mass is 10.0. The third kappa shape index (κ3) is 10.0. The molecule has 0 amide bonds. The number of aliphatic carboxylic acids is 4. The first-order valence-electron chi connectivity index (χ1n) is 10.5. The molecule has 0 aliphatic heterocycles. The maximum atomic E-state index is 11.5.